The van der Waals surface area contributed by atoms with Gasteiger partial charge >= 0.3 is 0 Å². The van der Waals surface area contributed by atoms with E-state index in [9.17, 15) is 0 Å². The minimum Gasteiger partial charge on any atom is -0.387 e. The molecule has 0 spiro atoms. The average molecular weight is 439 g/mol. The molecule has 1 aliphatic rings. The van der Waals surface area contributed by atoms with Crippen LogP contribution in [0, 0.1) is 12.8 Å². The van der Waals surface area contributed by atoms with E-state index in [1.54, 1.807) is 0 Å². The molecule has 0 amide bonds. The summed E-state index contributed by atoms with van der Waals surface area (Å²) in [4.78, 5) is 7.63. The van der Waals surface area contributed by atoms with Crippen molar-refractivity contribution in [3.8, 4) is 0 Å². The summed E-state index contributed by atoms with van der Waals surface area (Å²) in [5, 5.41) is 3.62. The zero-order valence-corrected chi connectivity index (χ0v) is 21.0. The van der Waals surface area contributed by atoms with Gasteiger partial charge < -0.3 is 16.0 Å². The number of nitrogens with one attached hydrogen (secondary N) is 1. The van der Waals surface area contributed by atoms with E-state index in [-0.39, 0.29) is 0 Å². The highest BCUT2D eigenvalue weighted by Crippen LogP contribution is 2.27. The fourth-order valence-corrected chi connectivity index (χ4v) is 4.28. The van der Waals surface area contributed by atoms with E-state index in [0.29, 0.717) is 12.0 Å². The number of aryl methyl sites for hydroxylation is 1. The number of benzene rings is 1. The zero-order valence-electron chi connectivity index (χ0n) is 21.0. The van der Waals surface area contributed by atoms with Crippen LogP contribution in [-0.4, -0.2) is 36.4 Å². The van der Waals surface area contributed by atoms with Gasteiger partial charge in [0.15, 0.2) is 0 Å². The lowest BCUT2D eigenvalue weighted by Gasteiger charge is -2.36. The molecule has 2 rings (SSSR count). The summed E-state index contributed by atoms with van der Waals surface area (Å²) < 4.78 is 0. The molecule has 1 aromatic carbocycles. The summed E-state index contributed by atoms with van der Waals surface area (Å²) >= 11 is 0. The van der Waals surface area contributed by atoms with Gasteiger partial charge in [0.1, 0.15) is 5.84 Å². The van der Waals surface area contributed by atoms with Crippen LogP contribution in [-0.2, 0) is 0 Å². The smallest absolute Gasteiger partial charge is 0.106 e. The number of rotatable bonds is 15. The van der Waals surface area contributed by atoms with Crippen LogP contribution in [0.5, 0.6) is 0 Å². The molecule has 4 nitrogen and oxygen atoms in total. The van der Waals surface area contributed by atoms with Gasteiger partial charge in [-0.3, -0.25) is 0 Å². The summed E-state index contributed by atoms with van der Waals surface area (Å²) in [6.45, 7) is 15.9. The molecular weight excluding hydrogens is 392 g/mol. The number of amidine groups is 1. The molecule has 1 aliphatic heterocycles. The zero-order chi connectivity index (χ0) is 23.3. The lowest BCUT2D eigenvalue weighted by molar-refractivity contribution is 0.350. The van der Waals surface area contributed by atoms with Crippen molar-refractivity contribution in [2.24, 2.45) is 16.6 Å². The van der Waals surface area contributed by atoms with Gasteiger partial charge in [0.2, 0.25) is 0 Å². The van der Waals surface area contributed by atoms with Gasteiger partial charge in [-0.25, -0.2) is 4.99 Å². The van der Waals surface area contributed by atoms with E-state index in [0.717, 1.165) is 50.3 Å². The van der Waals surface area contributed by atoms with Crippen LogP contribution in [0.25, 0.3) is 5.70 Å². The molecule has 0 saturated heterocycles. The highest BCUT2D eigenvalue weighted by atomic mass is 15.2. The van der Waals surface area contributed by atoms with Crippen LogP contribution < -0.4 is 11.1 Å². The molecule has 0 bridgehead atoms. The summed E-state index contributed by atoms with van der Waals surface area (Å²) in [7, 11) is 0. The van der Waals surface area contributed by atoms with Crippen molar-refractivity contribution in [2.75, 3.05) is 19.6 Å². The molecule has 2 atom stereocenters. The Morgan fingerprint density at radius 2 is 1.91 bits per heavy atom. The van der Waals surface area contributed by atoms with E-state index < -0.39 is 0 Å². The van der Waals surface area contributed by atoms with Crippen molar-refractivity contribution in [1.82, 2.24) is 10.2 Å². The largest absolute Gasteiger partial charge is 0.387 e. The number of unbranched alkanes of at least 4 members (excludes halogenated alkanes) is 2. The molecule has 178 valence electrons. The summed E-state index contributed by atoms with van der Waals surface area (Å²) in [5.41, 5.74) is 10.4. The quantitative estimate of drug-likeness (QED) is 0.317. The van der Waals surface area contributed by atoms with Crippen molar-refractivity contribution in [2.45, 2.75) is 85.1 Å². The molecule has 0 radical (unpaired) electrons. The Kier molecular flexibility index (Phi) is 11.6. The molecule has 0 fully saturated rings. The van der Waals surface area contributed by atoms with E-state index in [2.05, 4.69) is 74.8 Å². The van der Waals surface area contributed by atoms with Crippen molar-refractivity contribution < 1.29 is 0 Å². The monoisotopic (exact) mass is 438 g/mol. The molecule has 0 aliphatic carbocycles. The first-order valence-corrected chi connectivity index (χ1v) is 12.8. The number of nitrogens with zero attached hydrogens (tertiary/aromatic N) is 2. The van der Waals surface area contributed by atoms with Gasteiger partial charge in [-0.2, -0.15) is 0 Å². The van der Waals surface area contributed by atoms with Gasteiger partial charge in [-0.05, 0) is 56.7 Å². The topological polar surface area (TPSA) is 53.6 Å². The first-order valence-electron chi connectivity index (χ1n) is 12.8. The van der Waals surface area contributed by atoms with E-state index in [1.165, 1.54) is 49.1 Å². The highest BCUT2D eigenvalue weighted by Gasteiger charge is 2.25. The van der Waals surface area contributed by atoms with Crippen LogP contribution in [0.1, 0.15) is 83.3 Å². The van der Waals surface area contributed by atoms with Crippen molar-refractivity contribution in [3.05, 3.63) is 53.7 Å². The first-order chi connectivity index (χ1) is 15.5. The van der Waals surface area contributed by atoms with Crippen LogP contribution in [0.15, 0.2) is 47.6 Å². The molecule has 1 aromatic rings. The molecule has 0 saturated carbocycles. The fraction of sp³-hybridized carbons (Fsp3) is 0.607. The second-order valence-corrected chi connectivity index (χ2v) is 9.20. The lowest BCUT2D eigenvalue weighted by atomic mass is 10.00. The van der Waals surface area contributed by atoms with Crippen LogP contribution >= 0.6 is 0 Å². The Labute approximate surface area is 197 Å². The lowest BCUT2D eigenvalue weighted by Crippen LogP contribution is -2.44. The third-order valence-corrected chi connectivity index (χ3v) is 6.50. The maximum absolute atomic E-state index is 5.70. The van der Waals surface area contributed by atoms with Gasteiger partial charge in [0.25, 0.3) is 0 Å². The normalized spacial score (nSPS) is 17.0. The molecule has 1 heterocycles. The molecule has 3 N–H and O–H groups in total. The number of hydrogen-bond acceptors (Lipinski definition) is 4. The molecular formula is C28H46N4. The molecule has 2 unspecified atom stereocenters. The summed E-state index contributed by atoms with van der Waals surface area (Å²) in [5.74, 6) is 1.87. The predicted octanol–water partition coefficient (Wildman–Crippen LogP) is 6.28. The van der Waals surface area contributed by atoms with Crippen LogP contribution in [0.3, 0.4) is 0 Å². The number of hydrogen-bond donors (Lipinski definition) is 2. The first kappa shape index (κ1) is 26.2. The third-order valence-electron chi connectivity index (χ3n) is 6.50. The van der Waals surface area contributed by atoms with Crippen molar-refractivity contribution in [1.29, 1.82) is 0 Å². The molecule has 32 heavy (non-hydrogen) atoms. The Hall–Kier alpha value is -2.07. The van der Waals surface area contributed by atoms with Crippen molar-refractivity contribution in [3.63, 3.8) is 0 Å². The SMILES string of the molecule is C=C(CN1C(CCCCC)=NC(c2ccc(C)cc2)=CC1CC)NCC(CC)CCCN. The van der Waals surface area contributed by atoms with E-state index in [4.69, 9.17) is 10.7 Å². The molecule has 4 heteroatoms. The minimum atomic E-state index is 0.346. The minimum absolute atomic E-state index is 0.346. The van der Waals surface area contributed by atoms with E-state index >= 15 is 0 Å². The Morgan fingerprint density at radius 3 is 2.53 bits per heavy atom. The number of aliphatic imine (C=N–C) groups is 1. The van der Waals surface area contributed by atoms with E-state index in [1.807, 2.05) is 0 Å². The Morgan fingerprint density at radius 1 is 1.16 bits per heavy atom. The summed E-state index contributed by atoms with van der Waals surface area (Å²) in [6.07, 6.45) is 11.5. The van der Waals surface area contributed by atoms with Crippen LogP contribution in [0.4, 0.5) is 0 Å². The second kappa shape index (κ2) is 14.2. The predicted molar refractivity (Wildman–Crippen MR) is 141 cm³/mol. The van der Waals surface area contributed by atoms with Crippen LogP contribution in [0.2, 0.25) is 0 Å². The maximum atomic E-state index is 5.70. The third kappa shape index (κ3) is 8.12. The second-order valence-electron chi connectivity index (χ2n) is 9.20. The van der Waals surface area contributed by atoms with Gasteiger partial charge in [-0.15, -0.1) is 0 Å². The van der Waals surface area contributed by atoms with Gasteiger partial charge in [-0.1, -0.05) is 76.4 Å². The Balaban J connectivity index is 2.13. The maximum Gasteiger partial charge on any atom is 0.106 e. The van der Waals surface area contributed by atoms with Gasteiger partial charge in [0.05, 0.1) is 18.3 Å². The number of nitrogens with two attached hydrogens (primary N) is 1. The summed E-state index contributed by atoms with van der Waals surface area (Å²) in [6, 6.07) is 9.10. The fourth-order valence-electron chi connectivity index (χ4n) is 4.28. The Bertz CT molecular complexity index is 747. The van der Waals surface area contributed by atoms with Crippen molar-refractivity contribution >= 4 is 11.5 Å². The molecule has 0 aromatic heterocycles. The average Bonchev–Trinajstić information content (AvgIpc) is 2.80. The standard InChI is InChI=1S/C28H46N4/c1-6-9-10-13-28-31-27(25-16-14-22(4)15-17-25)19-26(8-3)32(28)21-23(5)30-20-24(7-2)12-11-18-29/h14-17,19,24,26,30H,5-13,18,20-21,29H2,1-4H3. The van der Waals surface area contributed by atoms with Gasteiger partial charge in [0, 0.05) is 18.7 Å². The highest BCUT2D eigenvalue weighted by molar-refractivity contribution is 5.91.